The van der Waals surface area contributed by atoms with Gasteiger partial charge in [-0.3, -0.25) is 4.90 Å². The first-order chi connectivity index (χ1) is 10.3. The highest BCUT2D eigenvalue weighted by Crippen LogP contribution is 2.43. The number of benzene rings is 1. The van der Waals surface area contributed by atoms with E-state index in [1.807, 2.05) is 0 Å². The van der Waals surface area contributed by atoms with Gasteiger partial charge < -0.3 is 0 Å². The number of nitrogens with zero attached hydrogens (tertiary/aromatic N) is 1. The summed E-state index contributed by atoms with van der Waals surface area (Å²) in [6.07, 6.45) is 11.2. The van der Waals surface area contributed by atoms with Gasteiger partial charge in [0.25, 0.3) is 0 Å². The fraction of sp³-hybridized carbons (Fsp3) is 0.667. The van der Waals surface area contributed by atoms with Crippen LogP contribution in [0.3, 0.4) is 0 Å². The number of rotatable bonds is 2. The van der Waals surface area contributed by atoms with E-state index in [4.69, 9.17) is 23.2 Å². The summed E-state index contributed by atoms with van der Waals surface area (Å²) in [6.45, 7) is 2.63. The number of halogens is 2. The molecule has 118 valence electrons. The van der Waals surface area contributed by atoms with Gasteiger partial charge in [-0.15, -0.1) is 23.2 Å². The third kappa shape index (κ3) is 4.37. The summed E-state index contributed by atoms with van der Waals surface area (Å²) in [4.78, 5) is 2.81. The lowest BCUT2D eigenvalue weighted by Gasteiger charge is -2.48. The van der Waals surface area contributed by atoms with Gasteiger partial charge in [0, 0.05) is 5.54 Å². The third-order valence-corrected chi connectivity index (χ3v) is 4.95. The van der Waals surface area contributed by atoms with Crippen molar-refractivity contribution in [3.05, 3.63) is 35.9 Å². The first-order valence-electron chi connectivity index (χ1n) is 8.26. The highest BCUT2D eigenvalue weighted by molar-refractivity contribution is 6.40. The molecule has 1 aromatic rings. The van der Waals surface area contributed by atoms with Gasteiger partial charge in [0.2, 0.25) is 0 Å². The van der Waals surface area contributed by atoms with Crippen molar-refractivity contribution in [2.75, 3.05) is 18.4 Å². The molecule has 1 saturated heterocycles. The second-order valence-corrected chi connectivity index (χ2v) is 6.92. The van der Waals surface area contributed by atoms with Crippen LogP contribution in [-0.4, -0.2) is 23.3 Å². The van der Waals surface area contributed by atoms with Crippen LogP contribution < -0.4 is 0 Å². The second kappa shape index (κ2) is 9.02. The summed E-state index contributed by atoms with van der Waals surface area (Å²) >= 11 is 9.53. The van der Waals surface area contributed by atoms with Gasteiger partial charge in [-0.1, -0.05) is 56.0 Å². The summed E-state index contributed by atoms with van der Waals surface area (Å²) < 4.78 is 0. The van der Waals surface area contributed by atoms with E-state index in [9.17, 15) is 0 Å². The van der Waals surface area contributed by atoms with Crippen molar-refractivity contribution < 1.29 is 0 Å². The molecule has 0 N–H and O–H groups in total. The molecule has 1 saturated carbocycles. The quantitative estimate of drug-likeness (QED) is 0.625. The largest absolute Gasteiger partial charge is 0.294 e. The first-order valence-corrected chi connectivity index (χ1v) is 9.33. The van der Waals surface area contributed by atoms with Crippen LogP contribution in [0.5, 0.6) is 0 Å². The molecule has 0 amide bonds. The van der Waals surface area contributed by atoms with Crippen molar-refractivity contribution in [2.24, 2.45) is 0 Å². The Balaban J connectivity index is 0.000000497. The molecule has 1 aliphatic carbocycles. The van der Waals surface area contributed by atoms with E-state index >= 15 is 0 Å². The van der Waals surface area contributed by atoms with Gasteiger partial charge in [-0.25, -0.2) is 0 Å². The number of alkyl halides is 2. The minimum Gasteiger partial charge on any atom is -0.294 e. The van der Waals surface area contributed by atoms with E-state index < -0.39 is 0 Å². The van der Waals surface area contributed by atoms with Crippen molar-refractivity contribution in [3.8, 4) is 0 Å². The van der Waals surface area contributed by atoms with Crippen LogP contribution >= 0.6 is 23.2 Å². The molecule has 0 bridgehead atoms. The minimum absolute atomic E-state index is 0.194. The van der Waals surface area contributed by atoms with E-state index in [1.165, 1.54) is 64.5 Å². The van der Waals surface area contributed by atoms with Crippen molar-refractivity contribution in [1.29, 1.82) is 0 Å². The second-order valence-electron chi connectivity index (χ2n) is 6.11. The van der Waals surface area contributed by atoms with Gasteiger partial charge in [0.1, 0.15) is 0 Å². The van der Waals surface area contributed by atoms with Crippen molar-refractivity contribution in [3.63, 3.8) is 0 Å². The maximum absolute atomic E-state index is 4.76. The Morgan fingerprint density at radius 2 is 1.33 bits per heavy atom. The normalized spacial score (nSPS) is 22.2. The topological polar surface area (TPSA) is 3.24 Å². The lowest BCUT2D eigenvalue weighted by Crippen LogP contribution is -2.49. The number of likely N-dealkylation sites (tertiary alicyclic amines) is 1. The Morgan fingerprint density at radius 1 is 0.810 bits per heavy atom. The lowest BCUT2D eigenvalue weighted by molar-refractivity contribution is 0.0303. The van der Waals surface area contributed by atoms with Gasteiger partial charge in [0.05, 0.1) is 5.34 Å². The molecule has 3 rings (SSSR count). The molecule has 0 radical (unpaired) electrons. The van der Waals surface area contributed by atoms with Crippen LogP contribution in [0.2, 0.25) is 0 Å². The molecule has 0 atom stereocenters. The Labute approximate surface area is 139 Å². The number of piperidine rings is 1. The molecule has 3 heteroatoms. The molecule has 1 aromatic carbocycles. The standard InChI is InChI=1S/C17H25N.CH2Cl2/c1-4-10-16(11-5-1)17(12-6-2-7-13-17)18-14-8-3-9-15-18;2-1-3/h1,4-5,10-11H,2-3,6-9,12-15H2;1H2. The van der Waals surface area contributed by atoms with Crippen LogP contribution in [0.1, 0.15) is 56.9 Å². The average molecular weight is 328 g/mol. The highest BCUT2D eigenvalue weighted by atomic mass is 35.5. The molecule has 2 fully saturated rings. The maximum Gasteiger partial charge on any atom is 0.0967 e. The van der Waals surface area contributed by atoms with Crippen molar-refractivity contribution in [2.45, 2.75) is 56.9 Å². The zero-order valence-corrected chi connectivity index (χ0v) is 14.4. The predicted octanol–water partition coefficient (Wildman–Crippen LogP) is 5.75. The molecule has 0 aromatic heterocycles. The van der Waals surface area contributed by atoms with Gasteiger partial charge in [-0.2, -0.15) is 0 Å². The van der Waals surface area contributed by atoms with Crippen LogP contribution in [0, 0.1) is 0 Å². The van der Waals surface area contributed by atoms with Crippen molar-refractivity contribution in [1.82, 2.24) is 4.90 Å². The minimum atomic E-state index is 0.194. The van der Waals surface area contributed by atoms with Crippen LogP contribution in [0.25, 0.3) is 0 Å². The molecule has 21 heavy (non-hydrogen) atoms. The molecular weight excluding hydrogens is 301 g/mol. The van der Waals surface area contributed by atoms with Crippen molar-refractivity contribution >= 4 is 23.2 Å². The van der Waals surface area contributed by atoms with Gasteiger partial charge >= 0.3 is 0 Å². The van der Waals surface area contributed by atoms with E-state index in [0.29, 0.717) is 5.54 Å². The Hall–Kier alpha value is -0.240. The molecule has 1 heterocycles. The van der Waals surface area contributed by atoms with E-state index in [-0.39, 0.29) is 5.34 Å². The molecule has 0 spiro atoms. The fourth-order valence-electron chi connectivity index (χ4n) is 3.99. The maximum atomic E-state index is 4.76. The molecule has 0 unspecified atom stereocenters. The van der Waals surface area contributed by atoms with Crippen LogP contribution in [0.4, 0.5) is 0 Å². The summed E-state index contributed by atoms with van der Waals surface area (Å²) in [5, 5.41) is 0.194. The zero-order chi connectivity index (χ0) is 15.0. The van der Waals surface area contributed by atoms with Crippen LogP contribution in [-0.2, 0) is 5.54 Å². The first kappa shape index (κ1) is 17.1. The van der Waals surface area contributed by atoms with Crippen LogP contribution in [0.15, 0.2) is 30.3 Å². The Bertz CT molecular complexity index is 381. The van der Waals surface area contributed by atoms with Gasteiger partial charge in [-0.05, 0) is 44.3 Å². The lowest BCUT2D eigenvalue weighted by atomic mass is 9.74. The fourth-order valence-corrected chi connectivity index (χ4v) is 3.99. The summed E-state index contributed by atoms with van der Waals surface area (Å²) in [5.41, 5.74) is 1.95. The summed E-state index contributed by atoms with van der Waals surface area (Å²) in [6, 6.07) is 11.3. The molecule has 2 aliphatic rings. The molecule has 1 aliphatic heterocycles. The monoisotopic (exact) mass is 327 g/mol. The van der Waals surface area contributed by atoms with Gasteiger partial charge in [0.15, 0.2) is 0 Å². The highest BCUT2D eigenvalue weighted by Gasteiger charge is 2.39. The van der Waals surface area contributed by atoms with E-state index in [0.717, 1.165) is 0 Å². The summed E-state index contributed by atoms with van der Waals surface area (Å²) in [5.74, 6) is 0. The predicted molar refractivity (Wildman–Crippen MR) is 93.2 cm³/mol. The van der Waals surface area contributed by atoms with E-state index in [2.05, 4.69) is 35.2 Å². The summed E-state index contributed by atoms with van der Waals surface area (Å²) in [7, 11) is 0. The zero-order valence-electron chi connectivity index (χ0n) is 12.9. The SMILES string of the molecule is ClCCl.c1ccc(C2(N3CCCCC3)CCCCC2)cc1. The molecule has 1 nitrogen and oxygen atoms in total. The Kier molecular flexibility index (Phi) is 7.36. The third-order valence-electron chi connectivity index (χ3n) is 4.95. The number of hydrogen-bond donors (Lipinski definition) is 0. The smallest absolute Gasteiger partial charge is 0.0967 e. The average Bonchev–Trinajstić information content (AvgIpc) is 2.58. The molecular formula is C18H27Cl2N. The Morgan fingerprint density at radius 3 is 1.90 bits per heavy atom. The van der Waals surface area contributed by atoms with E-state index in [1.54, 1.807) is 5.56 Å². The number of hydrogen-bond acceptors (Lipinski definition) is 1.